The van der Waals surface area contributed by atoms with Gasteiger partial charge in [-0.3, -0.25) is 0 Å². The molecule has 68 valence electrons. The lowest BCUT2D eigenvalue weighted by molar-refractivity contribution is 0.175. The highest BCUT2D eigenvalue weighted by molar-refractivity contribution is 9.10. The maximum absolute atomic E-state index is 9.68. The number of hydrogen-bond donors (Lipinski definition) is 1. The van der Waals surface area contributed by atoms with Gasteiger partial charge in [0, 0.05) is 15.4 Å². The number of aliphatic hydroxyl groups is 1. The average Bonchev–Trinajstić information content (AvgIpc) is 2.47. The largest absolute Gasteiger partial charge is 0.388 e. The molecule has 0 saturated heterocycles. The van der Waals surface area contributed by atoms with Crippen LogP contribution < -0.4 is 0 Å². The van der Waals surface area contributed by atoms with Crippen LogP contribution in [0.4, 0.5) is 0 Å². The van der Waals surface area contributed by atoms with Crippen molar-refractivity contribution < 1.29 is 5.11 Å². The summed E-state index contributed by atoms with van der Waals surface area (Å²) in [6, 6.07) is 0. The van der Waals surface area contributed by atoms with Crippen molar-refractivity contribution in [3.63, 3.8) is 0 Å². The van der Waals surface area contributed by atoms with Gasteiger partial charge >= 0.3 is 0 Å². The van der Waals surface area contributed by atoms with Crippen LogP contribution in [-0.4, -0.2) is 17.1 Å². The molecule has 1 nitrogen and oxygen atoms in total. The number of halogens is 1. The first-order valence-electron chi connectivity index (χ1n) is 3.64. The van der Waals surface area contributed by atoms with E-state index >= 15 is 0 Å². The van der Waals surface area contributed by atoms with Gasteiger partial charge < -0.3 is 5.11 Å². The van der Waals surface area contributed by atoms with Crippen LogP contribution in [0.2, 0.25) is 0 Å². The molecule has 1 aromatic heterocycles. The molecule has 1 N–H and O–H groups in total. The molecular weight excluding hydrogens is 256 g/mol. The molecule has 0 aliphatic rings. The Kier molecular flexibility index (Phi) is 4.64. The average molecular weight is 267 g/mol. The Morgan fingerprint density at radius 1 is 1.67 bits per heavy atom. The Labute approximate surface area is 89.3 Å². The summed E-state index contributed by atoms with van der Waals surface area (Å²) < 4.78 is 1.03. The fourth-order valence-electron chi connectivity index (χ4n) is 0.914. The lowest BCUT2D eigenvalue weighted by atomic mass is 10.1. The highest BCUT2D eigenvalue weighted by Crippen LogP contribution is 2.29. The molecule has 1 aromatic rings. The summed E-state index contributed by atoms with van der Waals surface area (Å²) in [5.41, 5.74) is 1.02. The van der Waals surface area contributed by atoms with Crippen LogP contribution in [0.25, 0.3) is 0 Å². The molecule has 0 fully saturated rings. The van der Waals surface area contributed by atoms with E-state index in [1.54, 1.807) is 23.1 Å². The van der Waals surface area contributed by atoms with Gasteiger partial charge in [-0.1, -0.05) is 0 Å². The van der Waals surface area contributed by atoms with Crippen LogP contribution in [0, 0.1) is 0 Å². The van der Waals surface area contributed by atoms with Gasteiger partial charge in [0.15, 0.2) is 0 Å². The fourth-order valence-corrected chi connectivity index (χ4v) is 2.98. The first-order chi connectivity index (χ1) is 5.75. The molecule has 0 bridgehead atoms. The summed E-state index contributed by atoms with van der Waals surface area (Å²) in [4.78, 5) is 0. The molecule has 12 heavy (non-hydrogen) atoms. The lowest BCUT2D eigenvalue weighted by Crippen LogP contribution is -1.97. The molecule has 0 aliphatic heterocycles. The van der Waals surface area contributed by atoms with E-state index in [9.17, 15) is 5.11 Å². The first kappa shape index (κ1) is 10.6. The summed E-state index contributed by atoms with van der Waals surface area (Å²) in [6.07, 6.45) is 2.57. The summed E-state index contributed by atoms with van der Waals surface area (Å²) in [7, 11) is 0. The SMILES string of the molecule is CSCCC(O)c1cscc1Br. The lowest BCUT2D eigenvalue weighted by Gasteiger charge is -2.07. The van der Waals surface area contributed by atoms with Crippen molar-refractivity contribution in [2.45, 2.75) is 12.5 Å². The van der Waals surface area contributed by atoms with Gasteiger partial charge in [0.1, 0.15) is 0 Å². The van der Waals surface area contributed by atoms with Crippen molar-refractivity contribution >= 4 is 39.0 Å². The minimum absolute atomic E-state index is 0.307. The Morgan fingerprint density at radius 2 is 2.42 bits per heavy atom. The van der Waals surface area contributed by atoms with Crippen LogP contribution >= 0.6 is 39.0 Å². The minimum atomic E-state index is -0.307. The molecule has 1 heterocycles. The van der Waals surface area contributed by atoms with Crippen molar-refractivity contribution in [1.82, 2.24) is 0 Å². The van der Waals surface area contributed by atoms with Crippen molar-refractivity contribution in [2.75, 3.05) is 12.0 Å². The van der Waals surface area contributed by atoms with Crippen LogP contribution in [0.5, 0.6) is 0 Å². The van der Waals surface area contributed by atoms with Crippen LogP contribution in [0.15, 0.2) is 15.2 Å². The first-order valence-corrected chi connectivity index (χ1v) is 6.77. The molecule has 0 spiro atoms. The van der Waals surface area contributed by atoms with Gasteiger partial charge in [-0.2, -0.15) is 23.1 Å². The minimum Gasteiger partial charge on any atom is -0.388 e. The Bertz CT molecular complexity index is 237. The summed E-state index contributed by atoms with van der Waals surface area (Å²) >= 11 is 6.78. The molecular formula is C8H11BrOS2. The third kappa shape index (κ3) is 2.76. The van der Waals surface area contributed by atoms with Crippen molar-refractivity contribution in [2.24, 2.45) is 0 Å². The molecule has 4 heteroatoms. The summed E-state index contributed by atoms with van der Waals surface area (Å²) in [6.45, 7) is 0. The predicted molar refractivity (Wildman–Crippen MR) is 60.0 cm³/mol. The zero-order valence-corrected chi connectivity index (χ0v) is 10.0. The van der Waals surface area contributed by atoms with E-state index in [0.29, 0.717) is 0 Å². The normalized spacial score (nSPS) is 13.2. The molecule has 1 atom stereocenters. The third-order valence-electron chi connectivity index (χ3n) is 1.60. The molecule has 0 aliphatic carbocycles. The fraction of sp³-hybridized carbons (Fsp3) is 0.500. The van der Waals surface area contributed by atoms with E-state index < -0.39 is 0 Å². The van der Waals surface area contributed by atoms with Crippen LogP contribution in [-0.2, 0) is 0 Å². The molecule has 0 saturated carbocycles. The molecule has 0 amide bonds. The number of thiophene rings is 1. The number of hydrogen-bond acceptors (Lipinski definition) is 3. The van der Waals surface area contributed by atoms with Gasteiger partial charge in [-0.25, -0.2) is 0 Å². The molecule has 1 unspecified atom stereocenters. The Morgan fingerprint density at radius 3 is 2.92 bits per heavy atom. The van der Waals surface area contributed by atoms with Crippen LogP contribution in [0.1, 0.15) is 18.1 Å². The van der Waals surface area contributed by atoms with E-state index in [0.717, 1.165) is 22.2 Å². The van der Waals surface area contributed by atoms with Crippen molar-refractivity contribution in [3.05, 3.63) is 20.8 Å². The van der Waals surface area contributed by atoms with E-state index in [1.165, 1.54) is 0 Å². The van der Waals surface area contributed by atoms with Gasteiger partial charge in [0.2, 0.25) is 0 Å². The Balaban J connectivity index is 2.52. The number of rotatable bonds is 4. The van der Waals surface area contributed by atoms with Gasteiger partial charge in [-0.05, 0) is 39.7 Å². The highest BCUT2D eigenvalue weighted by Gasteiger charge is 2.10. The predicted octanol–water partition coefficient (Wildman–Crippen LogP) is 3.30. The Hall–Kier alpha value is 0.490. The molecule has 0 radical (unpaired) electrons. The maximum atomic E-state index is 9.68. The number of thioether (sulfide) groups is 1. The number of aliphatic hydroxyl groups excluding tert-OH is 1. The zero-order chi connectivity index (χ0) is 8.97. The maximum Gasteiger partial charge on any atom is 0.0816 e. The van der Waals surface area contributed by atoms with Gasteiger partial charge in [0.05, 0.1) is 6.10 Å². The third-order valence-corrected chi connectivity index (χ3v) is 3.99. The standard InChI is InChI=1S/C8H11BrOS2/c1-11-3-2-8(10)6-4-12-5-7(6)9/h4-5,8,10H,2-3H2,1H3. The van der Waals surface area contributed by atoms with E-state index in [1.807, 2.05) is 10.8 Å². The van der Waals surface area contributed by atoms with E-state index in [-0.39, 0.29) is 6.10 Å². The zero-order valence-electron chi connectivity index (χ0n) is 6.79. The molecule has 1 rings (SSSR count). The van der Waals surface area contributed by atoms with Gasteiger partial charge in [-0.15, -0.1) is 0 Å². The highest BCUT2D eigenvalue weighted by atomic mass is 79.9. The smallest absolute Gasteiger partial charge is 0.0816 e. The van der Waals surface area contributed by atoms with Crippen LogP contribution in [0.3, 0.4) is 0 Å². The van der Waals surface area contributed by atoms with Crippen molar-refractivity contribution in [1.29, 1.82) is 0 Å². The summed E-state index contributed by atoms with van der Waals surface area (Å²) in [5, 5.41) is 13.7. The van der Waals surface area contributed by atoms with E-state index in [2.05, 4.69) is 22.2 Å². The second-order valence-electron chi connectivity index (χ2n) is 2.47. The monoisotopic (exact) mass is 266 g/mol. The second-order valence-corrected chi connectivity index (χ2v) is 5.06. The van der Waals surface area contributed by atoms with Gasteiger partial charge in [0.25, 0.3) is 0 Å². The molecule has 0 aromatic carbocycles. The quantitative estimate of drug-likeness (QED) is 0.903. The van der Waals surface area contributed by atoms with E-state index in [4.69, 9.17) is 0 Å². The second kappa shape index (κ2) is 5.27. The topological polar surface area (TPSA) is 20.2 Å². The summed E-state index contributed by atoms with van der Waals surface area (Å²) in [5.74, 6) is 1.00. The van der Waals surface area contributed by atoms with Crippen molar-refractivity contribution in [3.8, 4) is 0 Å².